The van der Waals surface area contributed by atoms with Gasteiger partial charge in [0, 0.05) is 17.8 Å². The number of methoxy groups -OCH3 is 1. The van der Waals surface area contributed by atoms with E-state index in [2.05, 4.69) is 10.1 Å². The Morgan fingerprint density at radius 2 is 1.94 bits per heavy atom. The van der Waals surface area contributed by atoms with Crippen molar-refractivity contribution in [2.45, 2.75) is 19.0 Å². The van der Waals surface area contributed by atoms with Crippen molar-refractivity contribution in [2.75, 3.05) is 25.1 Å². The Kier molecular flexibility index (Phi) is 5.47. The van der Waals surface area contributed by atoms with Crippen LogP contribution in [0.1, 0.15) is 28.0 Å². The fraction of sp³-hybridized carbons (Fsp3) is 0.240. The van der Waals surface area contributed by atoms with Crippen molar-refractivity contribution in [3.63, 3.8) is 0 Å². The van der Waals surface area contributed by atoms with Crippen molar-refractivity contribution in [2.24, 2.45) is 0 Å². The number of halogens is 3. The zero-order chi connectivity index (χ0) is 23.9. The summed E-state index contributed by atoms with van der Waals surface area (Å²) in [6.45, 7) is 0.725. The number of anilines is 1. The highest BCUT2D eigenvalue weighted by molar-refractivity contribution is 6.04. The first kappa shape index (κ1) is 21.9. The van der Waals surface area contributed by atoms with Crippen LogP contribution in [-0.2, 0) is 12.6 Å². The molecule has 0 saturated heterocycles. The highest BCUT2D eigenvalue weighted by atomic mass is 19.4. The predicted molar refractivity (Wildman–Crippen MR) is 121 cm³/mol. The molecule has 0 spiro atoms. The van der Waals surface area contributed by atoms with Crippen LogP contribution in [0.5, 0.6) is 5.75 Å². The standard InChI is InChI=1S/C25H21F3N4O2/c1-34-18-9-4-7-17(12-18)20-13-23(25(26,27)28)32-24(30-20)19(14-29-32)22(33)15-31-11-5-8-16-6-2-3-10-21(16)31/h2-4,6-7,9-10,12-14H,5,8,11,15H2,1H3. The number of rotatable bonds is 5. The predicted octanol–water partition coefficient (Wildman–Crippen LogP) is 5.06. The molecular formula is C25H21F3N4O2. The summed E-state index contributed by atoms with van der Waals surface area (Å²) in [5.41, 5.74) is 1.58. The number of alkyl halides is 3. The van der Waals surface area contributed by atoms with Gasteiger partial charge in [0.2, 0.25) is 0 Å². The summed E-state index contributed by atoms with van der Waals surface area (Å²) in [6, 6.07) is 15.4. The van der Waals surface area contributed by atoms with E-state index in [0.717, 1.165) is 30.2 Å². The van der Waals surface area contributed by atoms with Gasteiger partial charge in [-0.05, 0) is 42.7 Å². The molecule has 2 aromatic carbocycles. The van der Waals surface area contributed by atoms with Gasteiger partial charge in [-0.15, -0.1) is 0 Å². The van der Waals surface area contributed by atoms with Crippen LogP contribution >= 0.6 is 0 Å². The molecule has 0 N–H and O–H groups in total. The van der Waals surface area contributed by atoms with E-state index < -0.39 is 11.9 Å². The molecule has 5 rings (SSSR count). The van der Waals surface area contributed by atoms with Crippen LogP contribution in [0.25, 0.3) is 16.9 Å². The third-order valence-corrected chi connectivity index (χ3v) is 5.97. The maximum Gasteiger partial charge on any atom is 0.433 e. The molecular weight excluding hydrogens is 445 g/mol. The molecule has 3 heterocycles. The molecule has 174 valence electrons. The Hall–Kier alpha value is -3.88. The van der Waals surface area contributed by atoms with E-state index in [9.17, 15) is 18.0 Å². The minimum atomic E-state index is -4.69. The Balaban J connectivity index is 1.58. The molecule has 0 amide bonds. The average Bonchev–Trinajstić information content (AvgIpc) is 3.27. The minimum absolute atomic E-state index is 0.0325. The number of fused-ring (bicyclic) bond motifs is 2. The second-order valence-electron chi connectivity index (χ2n) is 8.13. The molecule has 0 bridgehead atoms. The number of hydrogen-bond acceptors (Lipinski definition) is 5. The first-order valence-electron chi connectivity index (χ1n) is 10.8. The number of para-hydroxylation sites is 1. The molecule has 9 heteroatoms. The number of Topliss-reactive ketones (excluding diaryl/α,β-unsaturated/α-hetero) is 1. The fourth-order valence-electron chi connectivity index (χ4n) is 4.33. The highest BCUT2D eigenvalue weighted by Gasteiger charge is 2.36. The first-order valence-corrected chi connectivity index (χ1v) is 10.8. The van der Waals surface area contributed by atoms with Gasteiger partial charge in [0.15, 0.2) is 17.1 Å². The van der Waals surface area contributed by atoms with Crippen LogP contribution in [-0.4, -0.2) is 40.6 Å². The van der Waals surface area contributed by atoms with Crippen LogP contribution < -0.4 is 9.64 Å². The van der Waals surface area contributed by atoms with Crippen LogP contribution in [0.2, 0.25) is 0 Å². The lowest BCUT2D eigenvalue weighted by Crippen LogP contribution is -2.34. The number of carbonyl (C=O) groups excluding carboxylic acids is 1. The summed E-state index contributed by atoms with van der Waals surface area (Å²) in [6.07, 6.45) is -1.69. The third kappa shape index (κ3) is 3.98. The van der Waals surface area contributed by atoms with Gasteiger partial charge in [-0.25, -0.2) is 9.50 Å². The number of hydrogen-bond donors (Lipinski definition) is 0. The molecule has 0 unspecified atom stereocenters. The van der Waals surface area contributed by atoms with E-state index >= 15 is 0 Å². The normalized spacial score (nSPS) is 13.7. The minimum Gasteiger partial charge on any atom is -0.497 e. The van der Waals surface area contributed by atoms with E-state index in [1.54, 1.807) is 24.3 Å². The lowest BCUT2D eigenvalue weighted by molar-refractivity contribution is -0.142. The third-order valence-electron chi connectivity index (χ3n) is 5.97. The van der Waals surface area contributed by atoms with Crippen LogP contribution in [0.15, 0.2) is 60.8 Å². The SMILES string of the molecule is COc1cccc(-c2cc(C(F)(F)F)n3ncc(C(=O)CN4CCCc5ccccc54)c3n2)c1. The van der Waals surface area contributed by atoms with Crippen molar-refractivity contribution in [3.8, 4) is 17.0 Å². The van der Waals surface area contributed by atoms with E-state index in [1.165, 1.54) is 13.3 Å². The zero-order valence-electron chi connectivity index (χ0n) is 18.3. The summed E-state index contributed by atoms with van der Waals surface area (Å²) in [5, 5.41) is 3.88. The average molecular weight is 466 g/mol. The number of aromatic nitrogens is 3. The molecule has 0 radical (unpaired) electrons. The maximum absolute atomic E-state index is 13.9. The Labute approximate surface area is 193 Å². The fourth-order valence-corrected chi connectivity index (χ4v) is 4.33. The lowest BCUT2D eigenvalue weighted by Gasteiger charge is -2.30. The maximum atomic E-state index is 13.9. The molecule has 1 aliphatic heterocycles. The van der Waals surface area contributed by atoms with Crippen molar-refractivity contribution in [1.82, 2.24) is 14.6 Å². The van der Waals surface area contributed by atoms with Gasteiger partial charge in [-0.1, -0.05) is 30.3 Å². The Bertz CT molecular complexity index is 1380. The summed E-state index contributed by atoms with van der Waals surface area (Å²) in [7, 11) is 1.48. The van der Waals surface area contributed by atoms with Crippen LogP contribution in [0.4, 0.5) is 18.9 Å². The number of ether oxygens (including phenoxy) is 1. The largest absolute Gasteiger partial charge is 0.497 e. The summed E-state index contributed by atoms with van der Waals surface area (Å²) < 4.78 is 47.6. The highest BCUT2D eigenvalue weighted by Crippen LogP contribution is 2.34. The van der Waals surface area contributed by atoms with Crippen molar-refractivity contribution >= 4 is 17.1 Å². The van der Waals surface area contributed by atoms with E-state index in [4.69, 9.17) is 4.74 Å². The molecule has 34 heavy (non-hydrogen) atoms. The van der Waals surface area contributed by atoms with Crippen molar-refractivity contribution < 1.29 is 22.7 Å². The van der Waals surface area contributed by atoms with E-state index in [1.807, 2.05) is 29.2 Å². The van der Waals surface area contributed by atoms with Crippen molar-refractivity contribution in [1.29, 1.82) is 0 Å². The number of nitrogens with zero attached hydrogens (tertiary/aromatic N) is 4. The molecule has 0 fully saturated rings. The summed E-state index contributed by atoms with van der Waals surface area (Å²) in [4.78, 5) is 19.6. The van der Waals surface area contributed by atoms with E-state index in [-0.39, 0.29) is 29.2 Å². The molecule has 0 atom stereocenters. The Morgan fingerprint density at radius 1 is 1.12 bits per heavy atom. The molecule has 2 aromatic heterocycles. The second-order valence-corrected chi connectivity index (χ2v) is 8.13. The lowest BCUT2D eigenvalue weighted by atomic mass is 10.0. The van der Waals surface area contributed by atoms with Crippen molar-refractivity contribution in [3.05, 3.63) is 77.6 Å². The number of carbonyl (C=O) groups is 1. The number of aryl methyl sites for hydroxylation is 1. The Morgan fingerprint density at radius 3 is 2.74 bits per heavy atom. The smallest absolute Gasteiger partial charge is 0.433 e. The topological polar surface area (TPSA) is 59.7 Å². The monoisotopic (exact) mass is 466 g/mol. The molecule has 6 nitrogen and oxygen atoms in total. The number of benzene rings is 2. The van der Waals surface area contributed by atoms with Crippen LogP contribution in [0.3, 0.4) is 0 Å². The van der Waals surface area contributed by atoms with Gasteiger partial charge in [-0.2, -0.15) is 18.3 Å². The van der Waals surface area contributed by atoms with Gasteiger partial charge < -0.3 is 9.64 Å². The first-order chi connectivity index (χ1) is 16.3. The van der Waals surface area contributed by atoms with Gasteiger partial charge in [-0.3, -0.25) is 4.79 Å². The van der Waals surface area contributed by atoms with Gasteiger partial charge in [0.05, 0.1) is 31.1 Å². The number of ketones is 1. The summed E-state index contributed by atoms with van der Waals surface area (Å²) in [5.74, 6) is 0.149. The quantitative estimate of drug-likeness (QED) is 0.385. The molecule has 1 aliphatic rings. The molecule has 0 aliphatic carbocycles. The van der Waals surface area contributed by atoms with Gasteiger partial charge >= 0.3 is 6.18 Å². The van der Waals surface area contributed by atoms with E-state index in [0.29, 0.717) is 22.4 Å². The summed E-state index contributed by atoms with van der Waals surface area (Å²) >= 11 is 0. The second kappa shape index (κ2) is 8.48. The zero-order valence-corrected chi connectivity index (χ0v) is 18.3. The molecule has 0 saturated carbocycles. The van der Waals surface area contributed by atoms with Gasteiger partial charge in [0.1, 0.15) is 5.75 Å². The molecule has 4 aromatic rings. The van der Waals surface area contributed by atoms with Gasteiger partial charge in [0.25, 0.3) is 0 Å². The van der Waals surface area contributed by atoms with Crippen LogP contribution in [0, 0.1) is 0 Å².